The van der Waals surface area contributed by atoms with Crippen LogP contribution in [-0.2, 0) is 0 Å². The van der Waals surface area contributed by atoms with Gasteiger partial charge in [0.05, 0.1) is 13.2 Å². The highest BCUT2D eigenvalue weighted by Gasteiger charge is 2.40. The predicted molar refractivity (Wildman–Crippen MR) is 87.2 cm³/mol. The van der Waals surface area contributed by atoms with Crippen molar-refractivity contribution < 1.29 is 19.0 Å². The maximum absolute atomic E-state index is 14.1. The smallest absolute Gasteiger partial charge is 0.272 e. The minimum absolute atomic E-state index is 0.121. The molecule has 1 aromatic carbocycles. The second kappa shape index (κ2) is 6.75. The zero-order chi connectivity index (χ0) is 17.2. The van der Waals surface area contributed by atoms with Gasteiger partial charge in [-0.25, -0.2) is 9.37 Å². The van der Waals surface area contributed by atoms with E-state index in [1.54, 1.807) is 42.5 Å². The van der Waals surface area contributed by atoms with E-state index >= 15 is 0 Å². The van der Waals surface area contributed by atoms with Crippen molar-refractivity contribution in [2.45, 2.75) is 12.1 Å². The molecule has 1 saturated heterocycles. The molecule has 0 radical (unpaired) electrons. The van der Waals surface area contributed by atoms with Crippen molar-refractivity contribution in [1.82, 2.24) is 9.88 Å². The number of benzene rings is 1. The lowest BCUT2D eigenvalue weighted by atomic mass is 10.1. The van der Waals surface area contributed by atoms with Crippen LogP contribution in [0.2, 0.25) is 5.02 Å². The van der Waals surface area contributed by atoms with Crippen molar-refractivity contribution in [1.29, 1.82) is 0 Å². The van der Waals surface area contributed by atoms with Crippen LogP contribution in [0, 0.1) is 0 Å². The van der Waals surface area contributed by atoms with E-state index in [4.69, 9.17) is 21.4 Å². The van der Waals surface area contributed by atoms with Crippen molar-refractivity contribution in [3.8, 4) is 11.6 Å². The molecule has 1 aliphatic rings. The first-order chi connectivity index (χ1) is 11.5. The molecule has 1 amide bonds. The monoisotopic (exact) mass is 350 g/mol. The van der Waals surface area contributed by atoms with Crippen LogP contribution < -0.4 is 4.74 Å². The molecule has 3 rings (SSSR count). The Morgan fingerprint density at radius 1 is 1.33 bits per heavy atom. The number of carbonyl (C=O) groups is 1. The van der Waals surface area contributed by atoms with Crippen LogP contribution in [-0.4, -0.2) is 46.3 Å². The summed E-state index contributed by atoms with van der Waals surface area (Å²) in [5.41, 5.74) is -1.56. The fourth-order valence-corrected chi connectivity index (χ4v) is 2.64. The Bertz CT molecular complexity index is 741. The summed E-state index contributed by atoms with van der Waals surface area (Å²) in [7, 11) is 0. The molecule has 0 saturated carbocycles. The average molecular weight is 351 g/mol. The third-order valence-corrected chi connectivity index (χ3v) is 4.11. The van der Waals surface area contributed by atoms with Gasteiger partial charge in [0.25, 0.3) is 5.91 Å². The number of pyridine rings is 1. The third-order valence-electron chi connectivity index (χ3n) is 3.85. The molecule has 2 heterocycles. The number of rotatable bonds is 4. The van der Waals surface area contributed by atoms with Crippen molar-refractivity contribution in [3.63, 3.8) is 0 Å². The molecule has 0 aliphatic carbocycles. The molecular formula is C17H16ClFN2O3. The standard InChI is InChI=1S/C17H16ClFN2O3/c18-12-4-6-13(7-5-12)24-15-3-1-2-14(20-15)16(23)21-9-8-17(19,10-21)11-22/h1-7,22H,8-11H2. The summed E-state index contributed by atoms with van der Waals surface area (Å²) >= 11 is 5.82. The minimum atomic E-state index is -1.73. The van der Waals surface area contributed by atoms with E-state index in [-0.39, 0.29) is 37.0 Å². The van der Waals surface area contributed by atoms with Crippen LogP contribution >= 0.6 is 11.6 Å². The first-order valence-electron chi connectivity index (χ1n) is 7.49. The Balaban J connectivity index is 1.73. The molecule has 1 N–H and O–H groups in total. The largest absolute Gasteiger partial charge is 0.439 e. The van der Waals surface area contributed by atoms with Gasteiger partial charge in [-0.3, -0.25) is 4.79 Å². The minimum Gasteiger partial charge on any atom is -0.439 e. The first kappa shape index (κ1) is 16.7. The number of aliphatic hydroxyl groups is 1. The van der Waals surface area contributed by atoms with Gasteiger partial charge < -0.3 is 14.7 Å². The molecule has 1 unspecified atom stereocenters. The van der Waals surface area contributed by atoms with Gasteiger partial charge in [0.2, 0.25) is 5.88 Å². The number of amides is 1. The van der Waals surface area contributed by atoms with Gasteiger partial charge in [-0.1, -0.05) is 17.7 Å². The summed E-state index contributed by atoms with van der Waals surface area (Å²) in [6.07, 6.45) is 0.121. The zero-order valence-electron chi connectivity index (χ0n) is 12.8. The number of carbonyl (C=O) groups excluding carboxylic acids is 1. The number of alkyl halides is 1. The molecule has 126 valence electrons. The Kier molecular flexibility index (Phi) is 4.69. The maximum atomic E-state index is 14.1. The number of aliphatic hydroxyl groups excluding tert-OH is 1. The molecular weight excluding hydrogens is 335 g/mol. The van der Waals surface area contributed by atoms with Crippen LogP contribution in [0.4, 0.5) is 4.39 Å². The summed E-state index contributed by atoms with van der Waals surface area (Å²) in [4.78, 5) is 18.0. The molecule has 1 atom stereocenters. The molecule has 5 nitrogen and oxygen atoms in total. The van der Waals surface area contributed by atoms with E-state index in [1.165, 1.54) is 4.90 Å². The van der Waals surface area contributed by atoms with Crippen molar-refractivity contribution in [2.75, 3.05) is 19.7 Å². The topological polar surface area (TPSA) is 62.7 Å². The van der Waals surface area contributed by atoms with E-state index < -0.39 is 12.3 Å². The lowest BCUT2D eigenvalue weighted by Gasteiger charge is -2.18. The molecule has 1 fully saturated rings. The van der Waals surface area contributed by atoms with Crippen LogP contribution in [0.5, 0.6) is 11.6 Å². The van der Waals surface area contributed by atoms with Gasteiger partial charge in [-0.05, 0) is 30.3 Å². The maximum Gasteiger partial charge on any atom is 0.272 e. The summed E-state index contributed by atoms with van der Waals surface area (Å²) in [6.45, 7) is -0.476. The SMILES string of the molecule is O=C(c1cccc(Oc2ccc(Cl)cc2)n1)N1CCC(F)(CO)C1. The fourth-order valence-electron chi connectivity index (χ4n) is 2.51. The summed E-state index contributed by atoms with van der Waals surface area (Å²) < 4.78 is 19.7. The fraction of sp³-hybridized carbons (Fsp3) is 0.294. The van der Waals surface area contributed by atoms with E-state index in [0.717, 1.165) is 0 Å². The van der Waals surface area contributed by atoms with Gasteiger partial charge in [0.15, 0.2) is 5.67 Å². The van der Waals surface area contributed by atoms with Gasteiger partial charge in [0, 0.05) is 24.1 Å². The summed E-state index contributed by atoms with van der Waals surface area (Å²) in [5.74, 6) is 0.418. The number of aromatic nitrogens is 1. The predicted octanol–water partition coefficient (Wildman–Crippen LogP) is 3.07. The Morgan fingerprint density at radius 2 is 2.08 bits per heavy atom. The second-order valence-corrected chi connectivity index (χ2v) is 6.14. The van der Waals surface area contributed by atoms with E-state index in [0.29, 0.717) is 10.8 Å². The lowest BCUT2D eigenvalue weighted by molar-refractivity contribution is 0.0627. The summed E-state index contributed by atoms with van der Waals surface area (Å²) in [5, 5.41) is 9.65. The first-order valence-corrected chi connectivity index (χ1v) is 7.86. The van der Waals surface area contributed by atoms with E-state index in [2.05, 4.69) is 4.98 Å². The highest BCUT2D eigenvalue weighted by Crippen LogP contribution is 2.27. The van der Waals surface area contributed by atoms with Crippen molar-refractivity contribution >= 4 is 17.5 Å². The molecule has 0 bridgehead atoms. The number of hydrogen-bond donors (Lipinski definition) is 1. The van der Waals surface area contributed by atoms with Crippen molar-refractivity contribution in [3.05, 3.63) is 53.2 Å². The normalized spacial score (nSPS) is 20.2. The highest BCUT2D eigenvalue weighted by molar-refractivity contribution is 6.30. The quantitative estimate of drug-likeness (QED) is 0.920. The molecule has 0 spiro atoms. The molecule has 7 heteroatoms. The second-order valence-electron chi connectivity index (χ2n) is 5.70. The van der Waals surface area contributed by atoms with Gasteiger partial charge in [-0.15, -0.1) is 0 Å². The van der Waals surface area contributed by atoms with Gasteiger partial charge >= 0.3 is 0 Å². The summed E-state index contributed by atoms with van der Waals surface area (Å²) in [6, 6.07) is 11.6. The Hall–Kier alpha value is -2.18. The van der Waals surface area contributed by atoms with Crippen LogP contribution in [0.3, 0.4) is 0 Å². The number of halogens is 2. The van der Waals surface area contributed by atoms with Crippen LogP contribution in [0.1, 0.15) is 16.9 Å². The highest BCUT2D eigenvalue weighted by atomic mass is 35.5. The van der Waals surface area contributed by atoms with Crippen LogP contribution in [0.25, 0.3) is 0 Å². The van der Waals surface area contributed by atoms with Gasteiger partial charge in [0.1, 0.15) is 11.4 Å². The number of ether oxygens (including phenoxy) is 1. The Morgan fingerprint density at radius 3 is 2.75 bits per heavy atom. The zero-order valence-corrected chi connectivity index (χ0v) is 13.5. The van der Waals surface area contributed by atoms with Crippen molar-refractivity contribution in [2.24, 2.45) is 0 Å². The molecule has 2 aromatic rings. The molecule has 1 aliphatic heterocycles. The number of hydrogen-bond acceptors (Lipinski definition) is 4. The third kappa shape index (κ3) is 3.66. The van der Waals surface area contributed by atoms with Crippen LogP contribution in [0.15, 0.2) is 42.5 Å². The van der Waals surface area contributed by atoms with E-state index in [1.807, 2.05) is 0 Å². The Labute approximate surface area is 143 Å². The number of likely N-dealkylation sites (tertiary alicyclic amines) is 1. The molecule has 1 aromatic heterocycles. The lowest BCUT2D eigenvalue weighted by Crippen LogP contribution is -2.35. The molecule has 24 heavy (non-hydrogen) atoms. The van der Waals surface area contributed by atoms with Gasteiger partial charge in [-0.2, -0.15) is 0 Å². The van der Waals surface area contributed by atoms with E-state index in [9.17, 15) is 9.18 Å². The average Bonchev–Trinajstić information content (AvgIpc) is 3.00. The number of nitrogens with zero attached hydrogens (tertiary/aromatic N) is 2.